The second-order valence-electron chi connectivity index (χ2n) is 4.42. The molecule has 0 unspecified atom stereocenters. The predicted molar refractivity (Wildman–Crippen MR) is 76.4 cm³/mol. The summed E-state index contributed by atoms with van der Waals surface area (Å²) >= 11 is 0. The van der Waals surface area contributed by atoms with Gasteiger partial charge in [-0.15, -0.1) is 0 Å². The molecule has 108 valence electrons. The number of carbonyl (C=O) groups excluding carboxylic acids is 1. The van der Waals surface area contributed by atoms with Crippen LogP contribution in [0.4, 0.5) is 10.1 Å². The van der Waals surface area contributed by atoms with E-state index in [1.54, 1.807) is 13.8 Å². The summed E-state index contributed by atoms with van der Waals surface area (Å²) in [5.41, 5.74) is 2.19. The number of hydrogen-bond acceptors (Lipinski definition) is 3. The molecule has 1 aromatic heterocycles. The van der Waals surface area contributed by atoms with Crippen LogP contribution in [0.15, 0.2) is 18.2 Å². The van der Waals surface area contributed by atoms with Gasteiger partial charge in [0, 0.05) is 5.56 Å². The van der Waals surface area contributed by atoms with Crippen molar-refractivity contribution in [2.75, 3.05) is 11.9 Å². The normalized spacial score (nSPS) is 9.90. The van der Waals surface area contributed by atoms with E-state index in [-0.39, 0.29) is 12.2 Å². The van der Waals surface area contributed by atoms with Crippen molar-refractivity contribution in [3.63, 3.8) is 0 Å². The number of nitrogens with zero attached hydrogens (tertiary/aromatic N) is 1. The van der Waals surface area contributed by atoms with Gasteiger partial charge in [0.1, 0.15) is 12.4 Å². The molecular formula is C15H14FN3O2. The van der Waals surface area contributed by atoms with Gasteiger partial charge in [-0.3, -0.25) is 9.89 Å². The third-order valence-corrected chi connectivity index (χ3v) is 2.89. The molecule has 5 nitrogen and oxygen atoms in total. The van der Waals surface area contributed by atoms with Crippen LogP contribution < -0.4 is 5.32 Å². The maximum Gasteiger partial charge on any atom is 0.258 e. The number of nitrogens with one attached hydrogen (secondary N) is 2. The van der Waals surface area contributed by atoms with Crippen molar-refractivity contribution in [2.45, 2.75) is 13.8 Å². The van der Waals surface area contributed by atoms with E-state index in [9.17, 15) is 9.18 Å². The first-order valence-corrected chi connectivity index (χ1v) is 6.25. The number of aromatic nitrogens is 2. The zero-order valence-corrected chi connectivity index (χ0v) is 11.6. The molecule has 0 radical (unpaired) electrons. The largest absolute Gasteiger partial charge is 0.384 e. The van der Waals surface area contributed by atoms with Crippen molar-refractivity contribution in [1.82, 2.24) is 10.2 Å². The van der Waals surface area contributed by atoms with Crippen molar-refractivity contribution in [3.8, 4) is 11.8 Å². The summed E-state index contributed by atoms with van der Waals surface area (Å²) in [6, 6.07) is 4.04. The van der Waals surface area contributed by atoms with E-state index in [0.717, 1.165) is 6.07 Å². The number of amides is 1. The average molecular weight is 287 g/mol. The van der Waals surface area contributed by atoms with Gasteiger partial charge < -0.3 is 10.4 Å². The Balaban J connectivity index is 2.24. The number of aryl methyl sites for hydroxylation is 2. The summed E-state index contributed by atoms with van der Waals surface area (Å²) in [4.78, 5) is 12.1. The molecule has 2 aromatic rings. The van der Waals surface area contributed by atoms with Crippen molar-refractivity contribution < 1.29 is 14.3 Å². The van der Waals surface area contributed by atoms with Crippen LogP contribution in [0.5, 0.6) is 0 Å². The SMILES string of the molecule is Cc1n[nH]c(C)c1NC(=O)c1ccc(C#CCO)cc1F. The molecular weight excluding hydrogens is 273 g/mol. The number of anilines is 1. The summed E-state index contributed by atoms with van der Waals surface area (Å²) in [5.74, 6) is 3.77. The average Bonchev–Trinajstić information content (AvgIpc) is 2.77. The number of aromatic amines is 1. The highest BCUT2D eigenvalue weighted by atomic mass is 19.1. The van der Waals surface area contributed by atoms with Crippen molar-refractivity contribution >= 4 is 11.6 Å². The number of rotatable bonds is 2. The number of hydrogen-bond donors (Lipinski definition) is 3. The lowest BCUT2D eigenvalue weighted by Crippen LogP contribution is -2.14. The summed E-state index contributed by atoms with van der Waals surface area (Å²) in [5, 5.41) is 17.9. The minimum absolute atomic E-state index is 0.0791. The highest BCUT2D eigenvalue weighted by Gasteiger charge is 2.15. The molecule has 0 atom stereocenters. The Labute approximate surface area is 121 Å². The lowest BCUT2D eigenvalue weighted by Gasteiger charge is -2.06. The van der Waals surface area contributed by atoms with Gasteiger partial charge in [0.15, 0.2) is 0 Å². The third-order valence-electron chi connectivity index (χ3n) is 2.89. The molecule has 0 aliphatic heterocycles. The fourth-order valence-corrected chi connectivity index (χ4v) is 1.83. The Bertz CT molecular complexity index is 722. The molecule has 21 heavy (non-hydrogen) atoms. The van der Waals surface area contributed by atoms with Gasteiger partial charge >= 0.3 is 0 Å². The lowest BCUT2D eigenvalue weighted by atomic mass is 10.1. The van der Waals surface area contributed by atoms with E-state index in [1.807, 2.05) is 0 Å². The van der Waals surface area contributed by atoms with Gasteiger partial charge in [-0.05, 0) is 32.0 Å². The lowest BCUT2D eigenvalue weighted by molar-refractivity contribution is 0.102. The Morgan fingerprint density at radius 2 is 2.24 bits per heavy atom. The van der Waals surface area contributed by atoms with Gasteiger partial charge in [0.2, 0.25) is 0 Å². The fourth-order valence-electron chi connectivity index (χ4n) is 1.83. The topological polar surface area (TPSA) is 78.0 Å². The van der Waals surface area contributed by atoms with Gasteiger partial charge in [-0.25, -0.2) is 4.39 Å². The van der Waals surface area contributed by atoms with E-state index in [2.05, 4.69) is 27.4 Å². The maximum atomic E-state index is 13.9. The number of H-pyrrole nitrogens is 1. The minimum atomic E-state index is -0.670. The Morgan fingerprint density at radius 3 is 2.81 bits per heavy atom. The summed E-state index contributed by atoms with van der Waals surface area (Å²) in [6.45, 7) is 3.20. The second-order valence-corrected chi connectivity index (χ2v) is 4.42. The van der Waals surface area contributed by atoms with Crippen LogP contribution in [-0.4, -0.2) is 27.8 Å². The number of carbonyl (C=O) groups is 1. The highest BCUT2D eigenvalue weighted by molar-refractivity contribution is 6.05. The van der Waals surface area contributed by atoms with E-state index in [0.29, 0.717) is 22.6 Å². The Morgan fingerprint density at radius 1 is 1.48 bits per heavy atom. The molecule has 2 rings (SSSR count). The first kappa shape index (κ1) is 14.8. The standard InChI is InChI=1S/C15H14FN3O2/c1-9-14(10(2)19-18-9)17-15(21)12-6-5-11(4-3-7-20)8-13(12)16/h5-6,8,20H,7H2,1-2H3,(H,17,21)(H,18,19). The quantitative estimate of drug-likeness (QED) is 0.736. The first-order chi connectivity index (χ1) is 10.0. The highest BCUT2D eigenvalue weighted by Crippen LogP contribution is 2.18. The molecule has 0 saturated heterocycles. The fraction of sp³-hybridized carbons (Fsp3) is 0.200. The minimum Gasteiger partial charge on any atom is -0.384 e. The Hall–Kier alpha value is -2.65. The summed E-state index contributed by atoms with van der Waals surface area (Å²) in [7, 11) is 0. The monoisotopic (exact) mass is 287 g/mol. The van der Waals surface area contributed by atoms with Gasteiger partial charge in [0.25, 0.3) is 5.91 Å². The number of halogens is 1. The van der Waals surface area contributed by atoms with Crippen LogP contribution in [0, 0.1) is 31.5 Å². The zero-order chi connectivity index (χ0) is 15.4. The number of aliphatic hydroxyl groups is 1. The summed E-state index contributed by atoms with van der Waals surface area (Å²) in [6.07, 6.45) is 0. The van der Waals surface area contributed by atoms with Crippen molar-refractivity contribution in [3.05, 3.63) is 46.5 Å². The second kappa shape index (κ2) is 6.20. The number of aliphatic hydroxyl groups excluding tert-OH is 1. The molecule has 3 N–H and O–H groups in total. The molecule has 1 amide bonds. The van der Waals surface area contributed by atoms with Crippen LogP contribution in [0.25, 0.3) is 0 Å². The van der Waals surface area contributed by atoms with Crippen LogP contribution >= 0.6 is 0 Å². The van der Waals surface area contributed by atoms with Crippen molar-refractivity contribution in [2.24, 2.45) is 0 Å². The molecule has 0 fully saturated rings. The number of benzene rings is 1. The third kappa shape index (κ3) is 3.27. The molecule has 6 heteroatoms. The van der Waals surface area contributed by atoms with Crippen molar-refractivity contribution in [1.29, 1.82) is 0 Å². The van der Waals surface area contributed by atoms with Crippen LogP contribution in [0.3, 0.4) is 0 Å². The van der Waals surface area contributed by atoms with E-state index < -0.39 is 11.7 Å². The summed E-state index contributed by atoms with van der Waals surface area (Å²) < 4.78 is 13.9. The predicted octanol–water partition coefficient (Wildman–Crippen LogP) is 1.76. The van der Waals surface area contributed by atoms with Crippen LogP contribution in [0.2, 0.25) is 0 Å². The van der Waals surface area contributed by atoms with E-state index >= 15 is 0 Å². The van der Waals surface area contributed by atoms with Crippen LogP contribution in [0.1, 0.15) is 27.3 Å². The molecule has 1 aromatic carbocycles. The molecule has 0 saturated carbocycles. The van der Waals surface area contributed by atoms with Crippen LogP contribution in [-0.2, 0) is 0 Å². The smallest absolute Gasteiger partial charge is 0.258 e. The van der Waals surface area contributed by atoms with Gasteiger partial charge in [0.05, 0.1) is 22.6 Å². The molecule has 0 aliphatic carbocycles. The first-order valence-electron chi connectivity index (χ1n) is 6.25. The zero-order valence-electron chi connectivity index (χ0n) is 11.6. The van der Waals surface area contributed by atoms with Gasteiger partial charge in [-0.2, -0.15) is 5.10 Å². The molecule has 1 heterocycles. The van der Waals surface area contributed by atoms with Gasteiger partial charge in [-0.1, -0.05) is 11.8 Å². The molecule has 0 aliphatic rings. The molecule has 0 bridgehead atoms. The maximum absolute atomic E-state index is 13.9. The Kier molecular flexibility index (Phi) is 4.36. The molecule has 0 spiro atoms. The van der Waals surface area contributed by atoms with E-state index in [4.69, 9.17) is 5.11 Å². The van der Waals surface area contributed by atoms with E-state index in [1.165, 1.54) is 12.1 Å².